The standard InChI is InChI=1S/C12H9ClF4O2/c13-3-1-2-9-6-10(14)8-11(7-9)18-4-5-19-12(15,16)17/h6-8H,3-5H2. The van der Waals surface area contributed by atoms with Crippen LogP contribution in [0.4, 0.5) is 17.6 Å². The van der Waals surface area contributed by atoms with Crippen molar-refractivity contribution in [2.75, 3.05) is 19.1 Å². The van der Waals surface area contributed by atoms with E-state index in [2.05, 4.69) is 16.6 Å². The van der Waals surface area contributed by atoms with Crippen molar-refractivity contribution in [3.8, 4) is 17.6 Å². The zero-order chi connectivity index (χ0) is 14.3. The van der Waals surface area contributed by atoms with Crippen molar-refractivity contribution < 1.29 is 27.0 Å². The molecule has 0 atom stereocenters. The van der Waals surface area contributed by atoms with E-state index in [0.717, 1.165) is 6.07 Å². The molecule has 0 radical (unpaired) electrons. The van der Waals surface area contributed by atoms with Gasteiger partial charge in [-0.3, -0.25) is 4.74 Å². The van der Waals surface area contributed by atoms with E-state index in [1.54, 1.807) is 0 Å². The van der Waals surface area contributed by atoms with Gasteiger partial charge in [0.2, 0.25) is 0 Å². The largest absolute Gasteiger partial charge is 0.522 e. The number of hydrogen-bond donors (Lipinski definition) is 0. The number of halogens is 5. The topological polar surface area (TPSA) is 18.5 Å². The van der Waals surface area contributed by atoms with Gasteiger partial charge < -0.3 is 4.74 Å². The molecule has 19 heavy (non-hydrogen) atoms. The minimum Gasteiger partial charge on any atom is -0.491 e. The number of rotatable bonds is 4. The Morgan fingerprint density at radius 2 is 1.89 bits per heavy atom. The lowest BCUT2D eigenvalue weighted by Gasteiger charge is -2.09. The maximum Gasteiger partial charge on any atom is 0.522 e. The summed E-state index contributed by atoms with van der Waals surface area (Å²) in [6, 6.07) is 3.61. The van der Waals surface area contributed by atoms with Crippen LogP contribution in [0.2, 0.25) is 0 Å². The van der Waals surface area contributed by atoms with Gasteiger partial charge in [0.05, 0.1) is 12.5 Å². The van der Waals surface area contributed by atoms with Gasteiger partial charge in [-0.1, -0.05) is 11.8 Å². The zero-order valence-electron chi connectivity index (χ0n) is 9.56. The summed E-state index contributed by atoms with van der Waals surface area (Å²) in [5, 5.41) is 0. The van der Waals surface area contributed by atoms with E-state index in [4.69, 9.17) is 16.3 Å². The summed E-state index contributed by atoms with van der Waals surface area (Å²) in [6.07, 6.45) is -4.71. The molecule has 0 saturated heterocycles. The van der Waals surface area contributed by atoms with Crippen molar-refractivity contribution >= 4 is 11.6 Å². The summed E-state index contributed by atoms with van der Waals surface area (Å²) in [7, 11) is 0. The van der Waals surface area contributed by atoms with Crippen LogP contribution < -0.4 is 4.74 Å². The predicted molar refractivity (Wildman–Crippen MR) is 61.5 cm³/mol. The van der Waals surface area contributed by atoms with Crippen LogP contribution in [-0.2, 0) is 4.74 Å². The minimum absolute atomic E-state index is 0.0737. The lowest BCUT2D eigenvalue weighted by Crippen LogP contribution is -2.18. The summed E-state index contributed by atoms with van der Waals surface area (Å²) in [4.78, 5) is 0. The fourth-order valence-corrected chi connectivity index (χ4v) is 1.24. The van der Waals surface area contributed by atoms with E-state index in [9.17, 15) is 17.6 Å². The molecule has 0 heterocycles. The van der Waals surface area contributed by atoms with Crippen molar-refractivity contribution in [3.63, 3.8) is 0 Å². The van der Waals surface area contributed by atoms with E-state index in [-0.39, 0.29) is 18.2 Å². The van der Waals surface area contributed by atoms with E-state index >= 15 is 0 Å². The third kappa shape index (κ3) is 6.89. The van der Waals surface area contributed by atoms with Crippen molar-refractivity contribution in [1.29, 1.82) is 0 Å². The molecule has 0 aliphatic carbocycles. The molecule has 104 valence electrons. The first-order chi connectivity index (χ1) is 8.90. The molecule has 0 spiro atoms. The molecule has 2 nitrogen and oxygen atoms in total. The monoisotopic (exact) mass is 296 g/mol. The number of alkyl halides is 4. The third-order valence-electron chi connectivity index (χ3n) is 1.79. The van der Waals surface area contributed by atoms with Gasteiger partial charge in [-0.25, -0.2) is 4.39 Å². The molecule has 0 N–H and O–H groups in total. The molecule has 0 aliphatic rings. The van der Waals surface area contributed by atoms with Crippen LogP contribution in [0.15, 0.2) is 18.2 Å². The van der Waals surface area contributed by atoms with Gasteiger partial charge in [-0.2, -0.15) is 0 Å². The fourth-order valence-electron chi connectivity index (χ4n) is 1.17. The second kappa shape index (κ2) is 7.22. The van der Waals surface area contributed by atoms with Gasteiger partial charge in [0.1, 0.15) is 18.2 Å². The fraction of sp³-hybridized carbons (Fsp3) is 0.333. The third-order valence-corrected chi connectivity index (χ3v) is 1.92. The first-order valence-electron chi connectivity index (χ1n) is 5.09. The minimum atomic E-state index is -4.71. The van der Waals surface area contributed by atoms with Gasteiger partial charge in [0.25, 0.3) is 0 Å². The van der Waals surface area contributed by atoms with Crippen LogP contribution >= 0.6 is 11.6 Å². The van der Waals surface area contributed by atoms with Crippen LogP contribution in [0.3, 0.4) is 0 Å². The Kier molecular flexibility index (Phi) is 5.93. The average Bonchev–Trinajstić information content (AvgIpc) is 2.30. The van der Waals surface area contributed by atoms with Gasteiger partial charge in [0.15, 0.2) is 0 Å². The maximum atomic E-state index is 13.2. The highest BCUT2D eigenvalue weighted by Gasteiger charge is 2.28. The molecule has 0 amide bonds. The van der Waals surface area contributed by atoms with Crippen LogP contribution in [0.25, 0.3) is 0 Å². The van der Waals surface area contributed by atoms with E-state index in [0.29, 0.717) is 5.56 Å². The average molecular weight is 297 g/mol. The molecule has 7 heteroatoms. The van der Waals surface area contributed by atoms with Gasteiger partial charge in [-0.05, 0) is 12.1 Å². The molecule has 0 aromatic heterocycles. The van der Waals surface area contributed by atoms with Crippen LogP contribution in [-0.4, -0.2) is 25.5 Å². The normalized spacial score (nSPS) is 10.8. The lowest BCUT2D eigenvalue weighted by molar-refractivity contribution is -0.325. The van der Waals surface area contributed by atoms with Gasteiger partial charge in [-0.15, -0.1) is 24.8 Å². The molecule has 0 unspecified atom stereocenters. The van der Waals surface area contributed by atoms with Crippen LogP contribution in [0, 0.1) is 17.7 Å². The highest BCUT2D eigenvalue weighted by Crippen LogP contribution is 2.18. The van der Waals surface area contributed by atoms with Gasteiger partial charge in [0, 0.05) is 11.6 Å². The van der Waals surface area contributed by atoms with Crippen LogP contribution in [0.1, 0.15) is 5.56 Å². The van der Waals surface area contributed by atoms with Crippen molar-refractivity contribution in [2.45, 2.75) is 6.36 Å². The first kappa shape index (κ1) is 15.6. The molecular weight excluding hydrogens is 288 g/mol. The summed E-state index contributed by atoms with van der Waals surface area (Å²) in [5.41, 5.74) is 0.326. The summed E-state index contributed by atoms with van der Waals surface area (Å²) >= 11 is 5.35. The highest BCUT2D eigenvalue weighted by molar-refractivity contribution is 6.19. The smallest absolute Gasteiger partial charge is 0.491 e. The molecule has 0 fully saturated rings. The Balaban J connectivity index is 2.56. The Bertz CT molecular complexity index is 477. The van der Waals surface area contributed by atoms with E-state index in [1.165, 1.54) is 12.1 Å². The molecule has 1 aromatic rings. The predicted octanol–water partition coefficient (Wildman–Crippen LogP) is 3.33. The Hall–Kier alpha value is -1.45. The molecular formula is C12H9ClF4O2. The second-order valence-corrected chi connectivity index (χ2v) is 3.52. The molecule has 0 saturated carbocycles. The molecule has 1 rings (SSSR count). The van der Waals surface area contributed by atoms with Crippen molar-refractivity contribution in [3.05, 3.63) is 29.6 Å². The Morgan fingerprint density at radius 1 is 1.16 bits per heavy atom. The lowest BCUT2D eigenvalue weighted by atomic mass is 10.2. The second-order valence-electron chi connectivity index (χ2n) is 3.25. The quantitative estimate of drug-likeness (QED) is 0.367. The molecule has 1 aromatic carbocycles. The zero-order valence-corrected chi connectivity index (χ0v) is 10.3. The van der Waals surface area contributed by atoms with E-state index < -0.39 is 18.8 Å². The van der Waals surface area contributed by atoms with Gasteiger partial charge >= 0.3 is 6.36 Å². The first-order valence-corrected chi connectivity index (χ1v) is 5.63. The highest BCUT2D eigenvalue weighted by atomic mass is 35.5. The van der Waals surface area contributed by atoms with Crippen molar-refractivity contribution in [2.24, 2.45) is 0 Å². The maximum absolute atomic E-state index is 13.2. The molecule has 0 aliphatic heterocycles. The number of ether oxygens (including phenoxy) is 2. The summed E-state index contributed by atoms with van der Waals surface area (Å²) < 4.78 is 56.7. The number of benzene rings is 1. The summed E-state index contributed by atoms with van der Waals surface area (Å²) in [6.45, 7) is -1.03. The van der Waals surface area contributed by atoms with Crippen LogP contribution in [0.5, 0.6) is 5.75 Å². The number of hydrogen-bond acceptors (Lipinski definition) is 2. The Labute approximate surface area is 112 Å². The SMILES string of the molecule is Fc1cc(C#CCCl)cc(OCCOC(F)(F)F)c1. The van der Waals surface area contributed by atoms with Crippen molar-refractivity contribution in [1.82, 2.24) is 0 Å². The summed E-state index contributed by atoms with van der Waals surface area (Å²) in [5.74, 6) is 4.66. The van der Waals surface area contributed by atoms with E-state index in [1.807, 2.05) is 0 Å². The Morgan fingerprint density at radius 3 is 2.53 bits per heavy atom. The molecule has 0 bridgehead atoms.